The molecule has 0 bridgehead atoms. The minimum Gasteiger partial charge on any atom is -0.480 e. The fourth-order valence-corrected chi connectivity index (χ4v) is 6.98. The van der Waals surface area contributed by atoms with Gasteiger partial charge in [0.15, 0.2) is 11.7 Å². The van der Waals surface area contributed by atoms with Gasteiger partial charge in [0.1, 0.15) is 65.1 Å². The van der Waals surface area contributed by atoms with Crippen molar-refractivity contribution in [1.29, 1.82) is 0 Å². The number of rotatable bonds is 7. The number of methoxy groups -OCH3 is 2. The topological polar surface area (TPSA) is 184 Å². The summed E-state index contributed by atoms with van der Waals surface area (Å²) in [6.45, 7) is 4.58. The molecule has 2 aromatic carbocycles. The average molecular weight is 945 g/mol. The second-order valence-electron chi connectivity index (χ2n) is 13.5. The number of ether oxygens (including phenoxy) is 2. The number of nitrogens with one attached hydrogen (secondary N) is 3. The Morgan fingerprint density at radius 1 is 0.742 bits per heavy atom. The second-order valence-corrected chi connectivity index (χ2v) is 15.3. The molecule has 62 heavy (non-hydrogen) atoms. The Bertz CT molecular complexity index is 2860. The summed E-state index contributed by atoms with van der Waals surface area (Å²) in [5.74, 6) is 3.35. The zero-order valence-corrected chi connectivity index (χ0v) is 36.1. The van der Waals surface area contributed by atoms with Crippen LogP contribution in [0.15, 0.2) is 121 Å². The van der Waals surface area contributed by atoms with E-state index in [0.717, 1.165) is 43.5 Å². The number of aliphatic imine (C=N–C) groups is 2. The maximum Gasteiger partial charge on any atom is 0.238 e. The Labute approximate surface area is 374 Å². The Kier molecular flexibility index (Phi) is 13.9. The van der Waals surface area contributed by atoms with E-state index in [1.54, 1.807) is 45.2 Å². The summed E-state index contributed by atoms with van der Waals surface area (Å²) < 4.78 is 25.2. The second kappa shape index (κ2) is 19.6. The number of hydrogen-bond donors (Lipinski definition) is 3. The summed E-state index contributed by atoms with van der Waals surface area (Å²) in [6.07, 6.45) is 7.07. The van der Waals surface area contributed by atoms with Crippen LogP contribution < -0.4 is 20.4 Å². The number of aryl methyl sites for hydroxylation is 2. The van der Waals surface area contributed by atoms with E-state index >= 15 is 0 Å². The van der Waals surface area contributed by atoms with Crippen LogP contribution in [0.5, 0.6) is 11.8 Å². The Balaban J connectivity index is 0.000000164. The lowest BCUT2D eigenvalue weighted by molar-refractivity contribution is 0.0580. The van der Waals surface area contributed by atoms with Gasteiger partial charge in [-0.25, -0.2) is 30.9 Å². The molecular formula is C43H41BrCl2N10O6. The van der Waals surface area contributed by atoms with Crippen molar-refractivity contribution in [3.05, 3.63) is 147 Å². The first kappa shape index (κ1) is 43.8. The first-order valence-corrected chi connectivity index (χ1v) is 20.2. The van der Waals surface area contributed by atoms with Gasteiger partial charge < -0.3 is 27.9 Å². The lowest BCUT2D eigenvalue weighted by Crippen LogP contribution is -2.33. The number of benzene rings is 2. The van der Waals surface area contributed by atoms with Crippen LogP contribution in [-0.2, 0) is 9.68 Å². The highest BCUT2D eigenvalue weighted by Crippen LogP contribution is 2.32. The van der Waals surface area contributed by atoms with Crippen LogP contribution in [0.25, 0.3) is 27.6 Å². The Morgan fingerprint density at radius 2 is 1.31 bits per heavy atom. The van der Waals surface area contributed by atoms with E-state index in [9.17, 15) is 0 Å². The van der Waals surface area contributed by atoms with Crippen molar-refractivity contribution >= 4 is 72.7 Å². The lowest BCUT2D eigenvalue weighted by atomic mass is 10.2. The number of nitrogens with zero attached hydrogens (tertiary/aromatic N) is 7. The molecule has 0 amide bonds. The molecule has 6 aromatic heterocycles. The minimum atomic E-state index is -0.309. The number of amidine groups is 2. The molecule has 8 heterocycles. The molecule has 8 aromatic rings. The molecule has 2 aliphatic heterocycles. The van der Waals surface area contributed by atoms with Crippen molar-refractivity contribution in [3.8, 4) is 17.4 Å². The highest BCUT2D eigenvalue weighted by Gasteiger charge is 2.25. The number of aromatic nitrogens is 6. The molecule has 2 atom stereocenters. The van der Waals surface area contributed by atoms with E-state index in [2.05, 4.69) is 56.8 Å². The SMILES string of the molecule is C.COc1nc(C2=NC(c3cc4cc(Cl)ccc4o3)CON2)ccc1-n1cnc(C)c1.COc1nc(C2=NC(c3cc4cc(Cl)ccc4o3)CON2)ccc1Br.Cc1cnc[nH]1. The third-order valence-corrected chi connectivity index (χ3v) is 10.3. The fraction of sp³-hybridized carbons (Fsp3) is 0.209. The number of H-pyrrole nitrogens is 1. The highest BCUT2D eigenvalue weighted by molar-refractivity contribution is 9.10. The van der Waals surface area contributed by atoms with Crippen LogP contribution in [0, 0.1) is 13.8 Å². The largest absolute Gasteiger partial charge is 0.480 e. The summed E-state index contributed by atoms with van der Waals surface area (Å²) in [4.78, 5) is 40.3. The molecule has 2 unspecified atom stereocenters. The van der Waals surface area contributed by atoms with Crippen LogP contribution in [-0.4, -0.2) is 68.6 Å². The van der Waals surface area contributed by atoms with Gasteiger partial charge >= 0.3 is 0 Å². The predicted octanol–water partition coefficient (Wildman–Crippen LogP) is 9.64. The molecule has 0 spiro atoms. The van der Waals surface area contributed by atoms with Crippen molar-refractivity contribution in [2.45, 2.75) is 33.4 Å². The number of imidazole rings is 2. The molecule has 0 fully saturated rings. The monoisotopic (exact) mass is 942 g/mol. The molecule has 0 radical (unpaired) electrons. The van der Waals surface area contributed by atoms with Gasteiger partial charge in [-0.3, -0.25) is 19.7 Å². The van der Waals surface area contributed by atoms with Crippen molar-refractivity contribution in [3.63, 3.8) is 0 Å². The molecule has 19 heteroatoms. The van der Waals surface area contributed by atoms with Crippen LogP contribution in [0.1, 0.15) is 53.8 Å². The van der Waals surface area contributed by atoms with Crippen LogP contribution in [0.4, 0.5) is 0 Å². The summed E-state index contributed by atoms with van der Waals surface area (Å²) in [5.41, 5.74) is 11.2. The summed E-state index contributed by atoms with van der Waals surface area (Å²) in [7, 11) is 3.14. The van der Waals surface area contributed by atoms with E-state index < -0.39 is 0 Å². The average Bonchev–Trinajstić information content (AvgIpc) is 4.12. The third-order valence-electron chi connectivity index (χ3n) is 9.19. The third kappa shape index (κ3) is 10.1. The van der Waals surface area contributed by atoms with Crippen LogP contribution in [0.3, 0.4) is 0 Å². The number of pyridine rings is 2. The van der Waals surface area contributed by atoms with Gasteiger partial charge in [0.25, 0.3) is 0 Å². The van der Waals surface area contributed by atoms with E-state index in [1.807, 2.05) is 85.3 Å². The number of fused-ring (bicyclic) bond motifs is 2. The molecule has 2 aliphatic rings. The van der Waals surface area contributed by atoms with E-state index in [1.165, 1.54) is 0 Å². The molecule has 3 N–H and O–H groups in total. The van der Waals surface area contributed by atoms with Gasteiger partial charge in [0.05, 0.1) is 37.0 Å². The normalized spacial score (nSPS) is 15.7. The number of halogens is 3. The predicted molar refractivity (Wildman–Crippen MR) is 240 cm³/mol. The molecular weight excluding hydrogens is 903 g/mol. The smallest absolute Gasteiger partial charge is 0.238 e. The molecule has 0 saturated heterocycles. The number of hydroxylamine groups is 2. The summed E-state index contributed by atoms with van der Waals surface area (Å²) in [6, 6.07) is 21.7. The first-order chi connectivity index (χ1) is 29.6. The van der Waals surface area contributed by atoms with Crippen LogP contribution in [0.2, 0.25) is 10.0 Å². The zero-order chi connectivity index (χ0) is 42.5. The molecule has 320 valence electrons. The van der Waals surface area contributed by atoms with Gasteiger partial charge in [0, 0.05) is 38.9 Å². The molecule has 10 rings (SSSR count). The van der Waals surface area contributed by atoms with Crippen molar-refractivity contribution in [2.24, 2.45) is 9.98 Å². The van der Waals surface area contributed by atoms with Crippen molar-refractivity contribution < 1.29 is 28.0 Å². The standard InChI is InChI=1S/C21H18ClN5O3.C17H13BrClN3O3.C4H6N2.CH4/c1-12-9-27(11-23-12)17-5-4-15(25-21(17)28-2)20-24-16(10-29-26-20)19-8-13-7-14(22)3-6-18(13)30-19;1-23-17-11(18)3-4-12(21-17)16-20-13(8-24-22-16)15-7-9-6-10(19)2-5-14(9)25-15;1-4-2-5-3-6-4;/h3-9,11,16H,10H2,1-2H3,(H,24,26);2-7,13H,8H2,1H3,(H,20,22);2-3H,1H3,(H,5,6);1H4. The van der Waals surface area contributed by atoms with Gasteiger partial charge in [-0.2, -0.15) is 0 Å². The Morgan fingerprint density at radius 3 is 1.79 bits per heavy atom. The quantitative estimate of drug-likeness (QED) is 0.138. The Hall–Kier alpha value is -6.24. The van der Waals surface area contributed by atoms with E-state index in [-0.39, 0.29) is 19.5 Å². The van der Waals surface area contributed by atoms with Gasteiger partial charge in [-0.05, 0) is 103 Å². The lowest BCUT2D eigenvalue weighted by Gasteiger charge is -2.20. The van der Waals surface area contributed by atoms with E-state index in [4.69, 9.17) is 56.2 Å². The fourth-order valence-electron chi connectivity index (χ4n) is 6.23. The zero-order valence-electron chi connectivity index (χ0n) is 33.0. The maximum absolute atomic E-state index is 6.07. The number of furan rings is 2. The van der Waals surface area contributed by atoms with Gasteiger partial charge in [-0.15, -0.1) is 0 Å². The van der Waals surface area contributed by atoms with Gasteiger partial charge in [0.2, 0.25) is 11.8 Å². The van der Waals surface area contributed by atoms with Crippen molar-refractivity contribution in [1.82, 2.24) is 40.4 Å². The van der Waals surface area contributed by atoms with Crippen LogP contribution >= 0.6 is 39.1 Å². The molecule has 0 aliphatic carbocycles. The van der Waals surface area contributed by atoms with Gasteiger partial charge in [-0.1, -0.05) is 30.6 Å². The van der Waals surface area contributed by atoms with E-state index in [0.29, 0.717) is 69.6 Å². The number of hydrogen-bond acceptors (Lipinski definition) is 14. The molecule has 16 nitrogen and oxygen atoms in total. The first-order valence-electron chi connectivity index (χ1n) is 18.7. The maximum atomic E-state index is 6.07. The summed E-state index contributed by atoms with van der Waals surface area (Å²) >= 11 is 15.5. The van der Waals surface area contributed by atoms with Crippen molar-refractivity contribution in [2.75, 3.05) is 27.4 Å². The summed E-state index contributed by atoms with van der Waals surface area (Å²) in [5, 5.41) is 3.18. The number of aromatic amines is 1. The highest BCUT2D eigenvalue weighted by atomic mass is 79.9. The molecule has 0 saturated carbocycles. The minimum absolute atomic E-state index is 0.